The predicted octanol–water partition coefficient (Wildman–Crippen LogP) is 2.36. The van der Waals surface area contributed by atoms with Crippen LogP contribution in [0.4, 0.5) is 10.1 Å². The maximum atomic E-state index is 13.5. The number of piperidine rings is 1. The quantitative estimate of drug-likeness (QED) is 0.898. The van der Waals surface area contributed by atoms with Gasteiger partial charge >= 0.3 is 0 Å². The second-order valence-electron chi connectivity index (χ2n) is 4.65. The topological polar surface area (TPSA) is 58.2 Å². The molecule has 1 saturated heterocycles. The van der Waals surface area contributed by atoms with E-state index in [1.807, 2.05) is 0 Å². The number of halogens is 2. The van der Waals surface area contributed by atoms with Gasteiger partial charge in [0.05, 0.1) is 11.4 Å². The molecule has 0 bridgehead atoms. The zero-order valence-corrected chi connectivity index (χ0v) is 11.9. The molecule has 1 aromatic carbocycles. The van der Waals surface area contributed by atoms with Crippen LogP contribution in [0, 0.1) is 5.82 Å². The maximum absolute atomic E-state index is 13.5. The summed E-state index contributed by atoms with van der Waals surface area (Å²) in [7, 11) is -3.58. The van der Waals surface area contributed by atoms with Crippen LogP contribution in [0.15, 0.2) is 18.2 Å². The van der Waals surface area contributed by atoms with E-state index in [1.54, 1.807) is 0 Å². The largest absolute Gasteiger partial charge is 0.313 e. The van der Waals surface area contributed by atoms with E-state index >= 15 is 0 Å². The lowest BCUT2D eigenvalue weighted by atomic mass is 10.1. The van der Waals surface area contributed by atoms with Crippen LogP contribution in [-0.2, 0) is 10.0 Å². The summed E-state index contributed by atoms with van der Waals surface area (Å²) in [5, 5.41) is 3.43. The summed E-state index contributed by atoms with van der Waals surface area (Å²) in [5.41, 5.74) is -0.108. The van der Waals surface area contributed by atoms with E-state index in [2.05, 4.69) is 10.0 Å². The minimum atomic E-state index is -3.58. The fourth-order valence-corrected chi connectivity index (χ4v) is 3.68. The summed E-state index contributed by atoms with van der Waals surface area (Å²) in [6.45, 7) is 0.825. The summed E-state index contributed by atoms with van der Waals surface area (Å²) < 4.78 is 39.7. The van der Waals surface area contributed by atoms with Crippen molar-refractivity contribution in [3.8, 4) is 0 Å². The number of anilines is 1. The molecule has 2 N–H and O–H groups in total. The monoisotopic (exact) mass is 306 g/mol. The molecule has 0 amide bonds. The summed E-state index contributed by atoms with van der Waals surface area (Å²) in [6, 6.07) is 3.70. The molecule has 0 saturated carbocycles. The van der Waals surface area contributed by atoms with E-state index in [4.69, 9.17) is 11.6 Å². The molecular weight excluding hydrogens is 291 g/mol. The number of hydrogen-bond acceptors (Lipinski definition) is 3. The SMILES string of the molecule is O=S(=O)(CC1CCCCN1)Nc1cc(Cl)ccc1F. The molecule has 1 fully saturated rings. The van der Waals surface area contributed by atoms with E-state index in [9.17, 15) is 12.8 Å². The summed E-state index contributed by atoms with van der Waals surface area (Å²) in [5.74, 6) is -0.691. The van der Waals surface area contributed by atoms with Crippen molar-refractivity contribution in [1.29, 1.82) is 0 Å². The van der Waals surface area contributed by atoms with E-state index < -0.39 is 15.8 Å². The third-order valence-electron chi connectivity index (χ3n) is 3.03. The van der Waals surface area contributed by atoms with E-state index in [1.165, 1.54) is 12.1 Å². The summed E-state index contributed by atoms with van der Waals surface area (Å²) in [6.07, 6.45) is 2.89. The third-order valence-corrected chi connectivity index (χ3v) is 4.63. The van der Waals surface area contributed by atoms with E-state index in [0.29, 0.717) is 0 Å². The summed E-state index contributed by atoms with van der Waals surface area (Å²) >= 11 is 5.72. The van der Waals surface area contributed by atoms with Crippen molar-refractivity contribution >= 4 is 27.3 Å². The molecule has 7 heteroatoms. The Bertz CT molecular complexity index is 545. The highest BCUT2D eigenvalue weighted by Gasteiger charge is 2.21. The zero-order valence-electron chi connectivity index (χ0n) is 10.3. The molecule has 0 radical (unpaired) electrons. The first-order valence-electron chi connectivity index (χ1n) is 6.15. The van der Waals surface area contributed by atoms with Crippen LogP contribution in [0.1, 0.15) is 19.3 Å². The minimum absolute atomic E-state index is 0.0566. The minimum Gasteiger partial charge on any atom is -0.313 e. The van der Waals surface area contributed by atoms with Crippen LogP contribution >= 0.6 is 11.6 Å². The molecule has 1 aromatic rings. The molecular formula is C12H16ClFN2O2S. The Hall–Kier alpha value is -0.850. The molecule has 0 spiro atoms. The van der Waals surface area contributed by atoms with Gasteiger partial charge in [-0.1, -0.05) is 18.0 Å². The van der Waals surface area contributed by atoms with Crippen LogP contribution in [0.5, 0.6) is 0 Å². The van der Waals surface area contributed by atoms with Gasteiger partial charge in [0.2, 0.25) is 10.0 Å². The maximum Gasteiger partial charge on any atom is 0.234 e. The molecule has 2 rings (SSSR count). The Labute approximate surface area is 117 Å². The lowest BCUT2D eigenvalue weighted by Gasteiger charge is -2.23. The van der Waals surface area contributed by atoms with Gasteiger partial charge in [0.1, 0.15) is 5.82 Å². The molecule has 4 nitrogen and oxygen atoms in total. The fourth-order valence-electron chi connectivity index (χ4n) is 2.12. The van der Waals surface area contributed by atoms with Gasteiger partial charge in [0.15, 0.2) is 0 Å². The number of nitrogens with one attached hydrogen (secondary N) is 2. The molecule has 1 atom stereocenters. The van der Waals surface area contributed by atoms with Gasteiger partial charge in [-0.05, 0) is 37.6 Å². The number of hydrogen-bond donors (Lipinski definition) is 2. The first kappa shape index (κ1) is 14.6. The van der Waals surface area contributed by atoms with Crippen LogP contribution in [-0.4, -0.2) is 26.8 Å². The Morgan fingerprint density at radius 3 is 2.89 bits per heavy atom. The molecule has 1 unspecified atom stereocenters. The molecule has 0 aliphatic carbocycles. The Kier molecular flexibility index (Phi) is 4.65. The fraction of sp³-hybridized carbons (Fsp3) is 0.500. The zero-order chi connectivity index (χ0) is 13.9. The Morgan fingerprint density at radius 2 is 2.21 bits per heavy atom. The van der Waals surface area contributed by atoms with Crippen molar-refractivity contribution in [3.63, 3.8) is 0 Å². The van der Waals surface area contributed by atoms with Crippen molar-refractivity contribution in [2.24, 2.45) is 0 Å². The highest BCUT2D eigenvalue weighted by atomic mass is 35.5. The molecule has 1 aliphatic heterocycles. The van der Waals surface area contributed by atoms with E-state index in [0.717, 1.165) is 31.9 Å². The van der Waals surface area contributed by atoms with Crippen LogP contribution in [0.2, 0.25) is 5.02 Å². The normalized spacial score (nSPS) is 20.2. The number of sulfonamides is 1. The van der Waals surface area contributed by atoms with Gasteiger partial charge < -0.3 is 5.32 Å². The van der Waals surface area contributed by atoms with Gasteiger partial charge in [-0.3, -0.25) is 4.72 Å². The highest BCUT2D eigenvalue weighted by molar-refractivity contribution is 7.92. The van der Waals surface area contributed by atoms with Crippen molar-refractivity contribution in [2.75, 3.05) is 17.0 Å². The molecule has 1 aliphatic rings. The lowest BCUT2D eigenvalue weighted by Crippen LogP contribution is -2.40. The van der Waals surface area contributed by atoms with E-state index in [-0.39, 0.29) is 22.5 Å². The second kappa shape index (κ2) is 6.07. The predicted molar refractivity (Wildman–Crippen MR) is 74.5 cm³/mol. The molecule has 19 heavy (non-hydrogen) atoms. The highest BCUT2D eigenvalue weighted by Crippen LogP contribution is 2.21. The van der Waals surface area contributed by atoms with Gasteiger partial charge in [-0.25, -0.2) is 12.8 Å². The van der Waals surface area contributed by atoms with Gasteiger partial charge in [0, 0.05) is 11.1 Å². The first-order valence-corrected chi connectivity index (χ1v) is 8.18. The van der Waals surface area contributed by atoms with Gasteiger partial charge in [-0.2, -0.15) is 0 Å². The Morgan fingerprint density at radius 1 is 1.42 bits per heavy atom. The van der Waals surface area contributed by atoms with Crippen molar-refractivity contribution in [3.05, 3.63) is 29.0 Å². The third kappa shape index (κ3) is 4.33. The van der Waals surface area contributed by atoms with Crippen molar-refractivity contribution in [2.45, 2.75) is 25.3 Å². The lowest BCUT2D eigenvalue weighted by molar-refractivity contribution is 0.424. The number of rotatable bonds is 4. The average molecular weight is 307 g/mol. The van der Waals surface area contributed by atoms with Crippen LogP contribution in [0.25, 0.3) is 0 Å². The van der Waals surface area contributed by atoms with Crippen molar-refractivity contribution < 1.29 is 12.8 Å². The average Bonchev–Trinajstić information content (AvgIpc) is 2.34. The molecule has 1 heterocycles. The smallest absolute Gasteiger partial charge is 0.234 e. The van der Waals surface area contributed by atoms with Gasteiger partial charge in [-0.15, -0.1) is 0 Å². The van der Waals surface area contributed by atoms with Gasteiger partial charge in [0.25, 0.3) is 0 Å². The van der Waals surface area contributed by atoms with Crippen LogP contribution in [0.3, 0.4) is 0 Å². The number of benzene rings is 1. The first-order chi connectivity index (χ1) is 8.96. The van der Waals surface area contributed by atoms with Crippen molar-refractivity contribution in [1.82, 2.24) is 5.32 Å². The second-order valence-corrected chi connectivity index (χ2v) is 6.86. The van der Waals surface area contributed by atoms with Crippen LogP contribution < -0.4 is 10.0 Å². The summed E-state index contributed by atoms with van der Waals surface area (Å²) in [4.78, 5) is 0. The standard InChI is InChI=1S/C12H16ClFN2O2S/c13-9-4-5-11(14)12(7-9)16-19(17,18)8-10-3-1-2-6-15-10/h4-5,7,10,15-16H,1-3,6,8H2. The molecule has 0 aromatic heterocycles. The Balaban J connectivity index is 2.05. The molecule has 106 valence electrons.